The second kappa shape index (κ2) is 2.26. The molecular formula is C4H7O3. The van der Waals surface area contributed by atoms with Crippen LogP contribution in [-0.2, 0) is 14.6 Å². The van der Waals surface area contributed by atoms with Crippen molar-refractivity contribution in [2.24, 2.45) is 0 Å². The van der Waals surface area contributed by atoms with E-state index in [-0.39, 0.29) is 6.10 Å². The molecule has 0 aliphatic carbocycles. The van der Waals surface area contributed by atoms with Crippen LogP contribution in [0.25, 0.3) is 0 Å². The average molecular weight is 103 g/mol. The molecule has 1 radical (unpaired) electrons. The molecule has 3 heteroatoms. The molecular weight excluding hydrogens is 96.0 g/mol. The van der Waals surface area contributed by atoms with Crippen LogP contribution >= 0.6 is 0 Å². The number of ether oxygens (including phenoxy) is 2. The maximum atomic E-state index is 9.58. The van der Waals surface area contributed by atoms with Crippen molar-refractivity contribution in [1.82, 2.24) is 0 Å². The summed E-state index contributed by atoms with van der Waals surface area (Å²) in [6.07, 6.45) is 0.231. The molecule has 0 aromatic heterocycles. The lowest BCUT2D eigenvalue weighted by Crippen LogP contribution is -2.00. The van der Waals surface area contributed by atoms with Crippen LogP contribution in [0.3, 0.4) is 0 Å². The molecule has 1 rings (SSSR count). The third-order valence-electron chi connectivity index (χ3n) is 0.789. The number of hydrogen-bond donors (Lipinski definition) is 0. The van der Waals surface area contributed by atoms with Gasteiger partial charge in [0, 0.05) is 0 Å². The van der Waals surface area contributed by atoms with Gasteiger partial charge in [0.15, 0.2) is 6.79 Å². The van der Waals surface area contributed by atoms with Gasteiger partial charge in [0.25, 0.3) is 0 Å². The van der Waals surface area contributed by atoms with Crippen molar-refractivity contribution in [3.05, 3.63) is 0 Å². The van der Waals surface area contributed by atoms with Gasteiger partial charge in [-0.3, -0.25) is 0 Å². The highest BCUT2D eigenvalue weighted by Gasteiger charge is 2.21. The first-order chi connectivity index (χ1) is 3.43. The van der Waals surface area contributed by atoms with E-state index in [1.807, 2.05) is 0 Å². The molecule has 0 aromatic carbocycles. The lowest BCUT2D eigenvalue weighted by Gasteiger charge is -1.89. The van der Waals surface area contributed by atoms with Crippen LogP contribution in [0.1, 0.15) is 0 Å². The van der Waals surface area contributed by atoms with Gasteiger partial charge in [-0.1, -0.05) is 0 Å². The summed E-state index contributed by atoms with van der Waals surface area (Å²) in [6.45, 7) is 0.795. The summed E-state index contributed by atoms with van der Waals surface area (Å²) in [7, 11) is 0. The zero-order valence-corrected chi connectivity index (χ0v) is 3.92. The van der Waals surface area contributed by atoms with Gasteiger partial charge in [0.1, 0.15) is 6.10 Å². The Balaban J connectivity index is 1.80. The molecule has 0 spiro atoms. The monoisotopic (exact) mass is 103 g/mol. The highest BCUT2D eigenvalue weighted by Crippen LogP contribution is 2.07. The van der Waals surface area contributed by atoms with Gasteiger partial charge in [0.05, 0.1) is 13.2 Å². The lowest BCUT2D eigenvalue weighted by molar-refractivity contribution is -0.0480. The van der Waals surface area contributed by atoms with Crippen LogP contribution in [0.4, 0.5) is 0 Å². The van der Waals surface area contributed by atoms with E-state index in [4.69, 9.17) is 4.74 Å². The molecule has 1 unspecified atom stereocenters. The van der Waals surface area contributed by atoms with Crippen LogP contribution in [0, 0.1) is 0 Å². The van der Waals surface area contributed by atoms with Crippen molar-refractivity contribution < 1.29 is 14.6 Å². The molecule has 0 saturated carbocycles. The van der Waals surface area contributed by atoms with Crippen molar-refractivity contribution in [1.29, 1.82) is 0 Å². The fourth-order valence-corrected chi connectivity index (χ4v) is 0.344. The fourth-order valence-electron chi connectivity index (χ4n) is 0.344. The smallest absolute Gasteiger partial charge is 0.180 e. The van der Waals surface area contributed by atoms with Crippen LogP contribution in [0.5, 0.6) is 0 Å². The number of rotatable bonds is 3. The van der Waals surface area contributed by atoms with Gasteiger partial charge < -0.3 is 9.47 Å². The first-order valence-corrected chi connectivity index (χ1v) is 2.21. The molecule has 0 aromatic rings. The normalized spacial score (nSPS) is 27.9. The predicted molar refractivity (Wildman–Crippen MR) is 21.2 cm³/mol. The number of epoxide rings is 1. The summed E-state index contributed by atoms with van der Waals surface area (Å²) >= 11 is 0. The van der Waals surface area contributed by atoms with Crippen LogP contribution in [0.2, 0.25) is 0 Å². The van der Waals surface area contributed by atoms with Crippen molar-refractivity contribution in [2.75, 3.05) is 20.0 Å². The lowest BCUT2D eigenvalue weighted by atomic mass is 10.5. The van der Waals surface area contributed by atoms with E-state index in [9.17, 15) is 5.11 Å². The van der Waals surface area contributed by atoms with Crippen LogP contribution < -0.4 is 0 Å². The third-order valence-corrected chi connectivity index (χ3v) is 0.789. The van der Waals surface area contributed by atoms with Gasteiger partial charge in [0.2, 0.25) is 0 Å². The molecule has 1 aliphatic rings. The Hall–Kier alpha value is -0.120. The van der Waals surface area contributed by atoms with E-state index in [1.165, 1.54) is 0 Å². The van der Waals surface area contributed by atoms with Gasteiger partial charge in [-0.2, -0.15) is 0 Å². The molecule has 0 amide bonds. The predicted octanol–water partition coefficient (Wildman–Crippen LogP) is -0.210. The minimum absolute atomic E-state index is 0.231. The molecule has 1 aliphatic heterocycles. The van der Waals surface area contributed by atoms with E-state index in [0.29, 0.717) is 6.61 Å². The minimum Gasteiger partial charge on any atom is -0.371 e. The molecule has 0 bridgehead atoms. The van der Waals surface area contributed by atoms with Gasteiger partial charge in [-0.25, -0.2) is 5.11 Å². The first kappa shape index (κ1) is 5.03. The van der Waals surface area contributed by atoms with E-state index in [1.54, 1.807) is 0 Å². The highest BCUT2D eigenvalue weighted by molar-refractivity contribution is 4.66. The molecule has 1 saturated heterocycles. The summed E-state index contributed by atoms with van der Waals surface area (Å²) in [5, 5.41) is 9.58. The van der Waals surface area contributed by atoms with Crippen LogP contribution in [0.15, 0.2) is 0 Å². The van der Waals surface area contributed by atoms with Crippen molar-refractivity contribution in [2.45, 2.75) is 6.10 Å². The van der Waals surface area contributed by atoms with E-state index >= 15 is 0 Å². The zero-order valence-electron chi connectivity index (χ0n) is 3.92. The molecule has 1 fully saturated rings. The van der Waals surface area contributed by atoms with Gasteiger partial charge >= 0.3 is 0 Å². The molecule has 0 N–H and O–H groups in total. The summed E-state index contributed by atoms with van der Waals surface area (Å²) in [6, 6.07) is 0. The molecule has 1 heterocycles. The zero-order chi connectivity index (χ0) is 5.11. The largest absolute Gasteiger partial charge is 0.371 e. The Morgan fingerprint density at radius 3 is 3.00 bits per heavy atom. The minimum atomic E-state index is -0.445. The van der Waals surface area contributed by atoms with Gasteiger partial charge in [-0.15, -0.1) is 0 Å². The van der Waals surface area contributed by atoms with Crippen molar-refractivity contribution in [3.63, 3.8) is 0 Å². The third kappa shape index (κ3) is 1.87. The quantitative estimate of drug-likeness (QED) is 0.366. The van der Waals surface area contributed by atoms with E-state index in [2.05, 4.69) is 4.74 Å². The summed E-state index contributed by atoms with van der Waals surface area (Å²) in [5.74, 6) is 0. The maximum Gasteiger partial charge on any atom is 0.180 e. The molecule has 3 nitrogen and oxygen atoms in total. The second-order valence-electron chi connectivity index (χ2n) is 1.44. The maximum absolute atomic E-state index is 9.58. The highest BCUT2D eigenvalue weighted by atomic mass is 16.6. The topological polar surface area (TPSA) is 41.7 Å². The van der Waals surface area contributed by atoms with Gasteiger partial charge in [-0.05, 0) is 0 Å². The van der Waals surface area contributed by atoms with E-state index < -0.39 is 6.79 Å². The summed E-state index contributed by atoms with van der Waals surface area (Å²) in [5.41, 5.74) is 0. The Morgan fingerprint density at radius 2 is 2.57 bits per heavy atom. The summed E-state index contributed by atoms with van der Waals surface area (Å²) in [4.78, 5) is 0. The second-order valence-corrected chi connectivity index (χ2v) is 1.44. The molecule has 7 heavy (non-hydrogen) atoms. The van der Waals surface area contributed by atoms with E-state index in [0.717, 1.165) is 6.61 Å². The average Bonchev–Trinajstić information content (AvgIpc) is 2.42. The van der Waals surface area contributed by atoms with Crippen LogP contribution in [-0.4, -0.2) is 26.1 Å². The molecule has 1 atom stereocenters. The number of hydrogen-bond acceptors (Lipinski definition) is 2. The fraction of sp³-hybridized carbons (Fsp3) is 1.00. The SMILES string of the molecule is [O]COCC1CO1. The molecule has 41 valence electrons. The Morgan fingerprint density at radius 1 is 1.86 bits per heavy atom. The Bertz CT molecular complexity index is 50.9. The first-order valence-electron chi connectivity index (χ1n) is 2.21. The Kier molecular flexibility index (Phi) is 1.62. The summed E-state index contributed by atoms with van der Waals surface area (Å²) < 4.78 is 9.22. The Labute approximate surface area is 41.8 Å². The standard InChI is InChI=1S/C4H7O3/c5-3-6-1-4-2-7-4/h4H,1-3H2. The van der Waals surface area contributed by atoms with Crippen molar-refractivity contribution >= 4 is 0 Å². The van der Waals surface area contributed by atoms with Crippen molar-refractivity contribution in [3.8, 4) is 0 Å².